The molecule has 0 bridgehead atoms. The second-order valence-corrected chi connectivity index (χ2v) is 7.31. The number of amides is 1. The second-order valence-electron chi connectivity index (χ2n) is 6.40. The molecule has 0 unspecified atom stereocenters. The molecular weight excluding hydrogens is 356 g/mol. The van der Waals surface area contributed by atoms with Crippen LogP contribution in [0.4, 0.5) is 5.69 Å². The Kier molecular flexibility index (Phi) is 3.93. The van der Waals surface area contributed by atoms with Crippen molar-refractivity contribution in [1.29, 1.82) is 0 Å². The minimum absolute atomic E-state index is 0.254. The van der Waals surface area contributed by atoms with Gasteiger partial charge >= 0.3 is 0 Å². The Balaban J connectivity index is 1.46. The van der Waals surface area contributed by atoms with E-state index < -0.39 is 0 Å². The van der Waals surface area contributed by atoms with Crippen LogP contribution in [0.3, 0.4) is 0 Å². The Morgan fingerprint density at radius 3 is 2.74 bits per heavy atom. The normalized spacial score (nSPS) is 19.1. The van der Waals surface area contributed by atoms with Gasteiger partial charge in [-0.15, -0.1) is 0 Å². The molecule has 1 saturated carbocycles. The average molecular weight is 375 g/mol. The molecule has 1 amide bonds. The first-order valence-electron chi connectivity index (χ1n) is 8.16. The molecule has 2 aromatic heterocycles. The van der Waals surface area contributed by atoms with E-state index in [9.17, 15) is 4.79 Å². The number of hydrogen-bond donors (Lipinski definition) is 1. The van der Waals surface area contributed by atoms with Crippen molar-refractivity contribution in [2.75, 3.05) is 18.0 Å². The Labute approximate surface area is 143 Å². The number of halogens is 1. The number of carbonyl (C=O) groups excluding carboxylic acids is 1. The lowest BCUT2D eigenvalue weighted by Gasteiger charge is -2.34. The number of aromatic nitrogens is 2. The smallest absolute Gasteiger partial charge is 0.223 e. The first-order chi connectivity index (χ1) is 11.2. The molecule has 0 atom stereocenters. The number of hydrogen-bond acceptors (Lipinski definition) is 4. The number of carbonyl (C=O) groups is 1. The number of pyridine rings is 2. The minimum Gasteiger partial charge on any atom is -0.370 e. The van der Waals surface area contributed by atoms with Crippen LogP contribution in [0.5, 0.6) is 0 Å². The van der Waals surface area contributed by atoms with Gasteiger partial charge in [-0.05, 0) is 53.7 Å². The van der Waals surface area contributed by atoms with Crippen LogP contribution in [0, 0.1) is 5.92 Å². The third-order valence-electron chi connectivity index (χ3n) is 4.65. The minimum atomic E-state index is 0.254. The van der Waals surface area contributed by atoms with Gasteiger partial charge in [0.1, 0.15) is 5.52 Å². The topological polar surface area (TPSA) is 58.1 Å². The van der Waals surface area contributed by atoms with Crippen LogP contribution in [-0.2, 0) is 4.79 Å². The second kappa shape index (κ2) is 6.07. The van der Waals surface area contributed by atoms with Gasteiger partial charge in [-0.3, -0.25) is 14.8 Å². The lowest BCUT2D eigenvalue weighted by molar-refractivity contribution is -0.123. The summed E-state index contributed by atoms with van der Waals surface area (Å²) < 4.78 is 0.941. The van der Waals surface area contributed by atoms with Crippen molar-refractivity contribution < 1.29 is 4.79 Å². The fourth-order valence-electron chi connectivity index (χ4n) is 3.18. The molecule has 23 heavy (non-hydrogen) atoms. The standard InChI is InChI=1S/C17H19BrN4O/c18-12-9-14-16(20-10-12)15(3-6-19-14)22-7-4-13(5-8-22)21-17(23)11-1-2-11/h3,6,9-11,13H,1-2,4-5,7-8H2,(H,21,23). The van der Waals surface area contributed by atoms with E-state index in [-0.39, 0.29) is 5.91 Å². The van der Waals surface area contributed by atoms with Gasteiger partial charge in [-0.25, -0.2) is 0 Å². The lowest BCUT2D eigenvalue weighted by atomic mass is 10.0. The maximum absolute atomic E-state index is 11.9. The van der Waals surface area contributed by atoms with Crippen molar-refractivity contribution in [3.05, 3.63) is 29.0 Å². The van der Waals surface area contributed by atoms with Crippen molar-refractivity contribution in [3.8, 4) is 0 Å². The van der Waals surface area contributed by atoms with E-state index in [2.05, 4.69) is 36.1 Å². The maximum Gasteiger partial charge on any atom is 0.223 e. The molecule has 0 aromatic carbocycles. The molecule has 0 spiro atoms. The van der Waals surface area contributed by atoms with Crippen LogP contribution >= 0.6 is 15.9 Å². The maximum atomic E-state index is 11.9. The number of rotatable bonds is 3. The molecule has 2 aliphatic rings. The van der Waals surface area contributed by atoms with Gasteiger partial charge in [0.2, 0.25) is 5.91 Å². The fraction of sp³-hybridized carbons (Fsp3) is 0.471. The quantitative estimate of drug-likeness (QED) is 0.897. The van der Waals surface area contributed by atoms with Crippen molar-refractivity contribution in [1.82, 2.24) is 15.3 Å². The zero-order valence-corrected chi connectivity index (χ0v) is 14.4. The highest BCUT2D eigenvalue weighted by molar-refractivity contribution is 9.10. The predicted octanol–water partition coefficient (Wildman–Crippen LogP) is 2.89. The molecule has 6 heteroatoms. The number of nitrogens with zero attached hydrogens (tertiary/aromatic N) is 3. The predicted molar refractivity (Wildman–Crippen MR) is 93.3 cm³/mol. The molecule has 4 rings (SSSR count). The van der Waals surface area contributed by atoms with Crippen molar-refractivity contribution in [2.45, 2.75) is 31.7 Å². The molecule has 1 aliphatic carbocycles. The van der Waals surface area contributed by atoms with E-state index in [1.165, 1.54) is 0 Å². The first kappa shape index (κ1) is 14.9. The molecule has 1 saturated heterocycles. The highest BCUT2D eigenvalue weighted by Gasteiger charge is 2.31. The number of fused-ring (bicyclic) bond motifs is 1. The third kappa shape index (κ3) is 3.17. The van der Waals surface area contributed by atoms with Gasteiger partial charge < -0.3 is 10.2 Å². The molecule has 2 aromatic rings. The van der Waals surface area contributed by atoms with Gasteiger partial charge in [-0.2, -0.15) is 0 Å². The zero-order chi connectivity index (χ0) is 15.8. The Hall–Kier alpha value is -1.69. The average Bonchev–Trinajstić information content (AvgIpc) is 3.40. The molecule has 2 fully saturated rings. The summed E-state index contributed by atoms with van der Waals surface area (Å²) in [5.74, 6) is 0.546. The third-order valence-corrected chi connectivity index (χ3v) is 5.09. The molecule has 1 N–H and O–H groups in total. The highest BCUT2D eigenvalue weighted by atomic mass is 79.9. The van der Waals surface area contributed by atoms with Crippen molar-refractivity contribution in [3.63, 3.8) is 0 Å². The van der Waals surface area contributed by atoms with E-state index in [0.717, 1.165) is 60.0 Å². The SMILES string of the molecule is O=C(NC1CCN(c2ccnc3cc(Br)cnc23)CC1)C1CC1. The Morgan fingerprint density at radius 1 is 1.22 bits per heavy atom. The number of piperidine rings is 1. The van der Waals surface area contributed by atoms with E-state index in [1.807, 2.05) is 24.5 Å². The number of anilines is 1. The Bertz CT molecular complexity index is 738. The summed E-state index contributed by atoms with van der Waals surface area (Å²) in [4.78, 5) is 23.2. The molecule has 1 aliphatic heterocycles. The van der Waals surface area contributed by atoms with Crippen LogP contribution in [0.15, 0.2) is 29.0 Å². The van der Waals surface area contributed by atoms with E-state index >= 15 is 0 Å². The molecule has 3 heterocycles. The van der Waals surface area contributed by atoms with Crippen LogP contribution < -0.4 is 10.2 Å². The van der Waals surface area contributed by atoms with Gasteiger partial charge in [0, 0.05) is 41.9 Å². The van der Waals surface area contributed by atoms with Crippen LogP contribution in [-0.4, -0.2) is 35.0 Å². The monoisotopic (exact) mass is 374 g/mol. The van der Waals surface area contributed by atoms with Gasteiger partial charge in [0.05, 0.1) is 11.2 Å². The molecule has 5 nitrogen and oxygen atoms in total. The van der Waals surface area contributed by atoms with Gasteiger partial charge in [-0.1, -0.05) is 0 Å². The van der Waals surface area contributed by atoms with Crippen molar-refractivity contribution >= 4 is 38.6 Å². The molecule has 0 radical (unpaired) electrons. The van der Waals surface area contributed by atoms with Crippen LogP contribution in [0.1, 0.15) is 25.7 Å². The first-order valence-corrected chi connectivity index (χ1v) is 8.95. The van der Waals surface area contributed by atoms with Crippen LogP contribution in [0.25, 0.3) is 11.0 Å². The van der Waals surface area contributed by atoms with Gasteiger partial charge in [0.15, 0.2) is 0 Å². The lowest BCUT2D eigenvalue weighted by Crippen LogP contribution is -2.45. The van der Waals surface area contributed by atoms with E-state index in [1.54, 1.807) is 0 Å². The summed E-state index contributed by atoms with van der Waals surface area (Å²) in [6.45, 7) is 1.87. The zero-order valence-electron chi connectivity index (χ0n) is 12.8. The fourth-order valence-corrected chi connectivity index (χ4v) is 3.50. The number of nitrogens with one attached hydrogen (secondary N) is 1. The largest absolute Gasteiger partial charge is 0.370 e. The van der Waals surface area contributed by atoms with Gasteiger partial charge in [0.25, 0.3) is 0 Å². The summed E-state index contributed by atoms with van der Waals surface area (Å²) in [7, 11) is 0. The van der Waals surface area contributed by atoms with E-state index in [0.29, 0.717) is 12.0 Å². The summed E-state index contributed by atoms with van der Waals surface area (Å²) in [5.41, 5.74) is 2.98. The highest BCUT2D eigenvalue weighted by Crippen LogP contribution is 2.30. The summed E-state index contributed by atoms with van der Waals surface area (Å²) in [5, 5.41) is 3.20. The summed E-state index contributed by atoms with van der Waals surface area (Å²) in [6.07, 6.45) is 7.75. The molecular formula is C17H19BrN4O. The summed E-state index contributed by atoms with van der Waals surface area (Å²) >= 11 is 3.44. The molecule has 120 valence electrons. The van der Waals surface area contributed by atoms with Crippen LogP contribution in [0.2, 0.25) is 0 Å². The summed E-state index contributed by atoms with van der Waals surface area (Å²) in [6, 6.07) is 4.34. The van der Waals surface area contributed by atoms with Crippen molar-refractivity contribution in [2.24, 2.45) is 5.92 Å². The Morgan fingerprint density at radius 2 is 2.00 bits per heavy atom. The van der Waals surface area contributed by atoms with E-state index in [4.69, 9.17) is 0 Å².